The van der Waals surface area contributed by atoms with E-state index in [2.05, 4.69) is 20.8 Å². The number of hydrogen-bond acceptors (Lipinski definition) is 7. The van der Waals surface area contributed by atoms with Gasteiger partial charge in [-0.3, -0.25) is 9.59 Å². The fraction of sp³-hybridized carbons (Fsp3) is 0.238. The number of methoxy groups -OCH3 is 2. The molecular formula is C21H22N4O4S. The average molecular weight is 426 g/mol. The van der Waals surface area contributed by atoms with E-state index in [1.54, 1.807) is 25.3 Å². The highest BCUT2D eigenvalue weighted by Gasteiger charge is 2.15. The predicted octanol–water partition coefficient (Wildman–Crippen LogP) is 3.69. The van der Waals surface area contributed by atoms with Crippen molar-refractivity contribution in [3.8, 4) is 11.5 Å². The molecule has 2 aromatic carbocycles. The number of aromatic nitrogens is 2. The SMILES string of the molecule is COc1ccc(NC(=O)CCc2nnc(C(=O)Nc3ccc(C)cc3)s2)c(OC)c1. The van der Waals surface area contributed by atoms with Crippen LogP contribution in [0.25, 0.3) is 0 Å². The molecule has 0 spiro atoms. The minimum atomic E-state index is -0.324. The van der Waals surface area contributed by atoms with Crippen molar-refractivity contribution in [2.24, 2.45) is 0 Å². The Morgan fingerprint density at radius 3 is 2.47 bits per heavy atom. The Hall–Kier alpha value is -3.46. The van der Waals surface area contributed by atoms with Gasteiger partial charge in [-0.05, 0) is 31.2 Å². The van der Waals surface area contributed by atoms with Gasteiger partial charge in [-0.1, -0.05) is 29.0 Å². The Kier molecular flexibility index (Phi) is 6.97. The van der Waals surface area contributed by atoms with E-state index in [1.165, 1.54) is 18.4 Å². The number of aryl methyl sites for hydroxylation is 2. The summed E-state index contributed by atoms with van der Waals surface area (Å²) in [6.07, 6.45) is 0.573. The molecule has 2 N–H and O–H groups in total. The molecule has 0 aliphatic heterocycles. The minimum absolute atomic E-state index is 0.195. The van der Waals surface area contributed by atoms with Crippen molar-refractivity contribution in [1.82, 2.24) is 10.2 Å². The van der Waals surface area contributed by atoms with E-state index in [1.807, 2.05) is 31.2 Å². The third-order valence-corrected chi connectivity index (χ3v) is 5.20. The number of nitrogens with one attached hydrogen (secondary N) is 2. The smallest absolute Gasteiger partial charge is 0.286 e. The number of carbonyl (C=O) groups is 2. The first-order valence-electron chi connectivity index (χ1n) is 9.20. The van der Waals surface area contributed by atoms with Gasteiger partial charge in [0.2, 0.25) is 10.9 Å². The lowest BCUT2D eigenvalue weighted by Gasteiger charge is -2.11. The van der Waals surface area contributed by atoms with E-state index in [0.717, 1.165) is 5.56 Å². The van der Waals surface area contributed by atoms with Crippen LogP contribution in [0, 0.1) is 6.92 Å². The van der Waals surface area contributed by atoms with E-state index < -0.39 is 0 Å². The molecule has 0 fully saturated rings. The molecule has 1 heterocycles. The molecule has 2 amide bonds. The summed E-state index contributed by atoms with van der Waals surface area (Å²) in [6.45, 7) is 1.98. The number of carbonyl (C=O) groups excluding carboxylic acids is 2. The summed E-state index contributed by atoms with van der Waals surface area (Å²) in [5.74, 6) is 0.623. The van der Waals surface area contributed by atoms with Gasteiger partial charge in [0.1, 0.15) is 16.5 Å². The van der Waals surface area contributed by atoms with Crippen LogP contribution in [0.1, 0.15) is 26.8 Å². The van der Waals surface area contributed by atoms with Crippen LogP contribution < -0.4 is 20.1 Å². The molecule has 3 aromatic rings. The van der Waals surface area contributed by atoms with Crippen LogP contribution in [0.5, 0.6) is 11.5 Å². The van der Waals surface area contributed by atoms with Crippen molar-refractivity contribution in [3.05, 3.63) is 58.0 Å². The number of hydrogen-bond donors (Lipinski definition) is 2. The molecule has 9 heteroatoms. The molecule has 1 aromatic heterocycles. The summed E-state index contributed by atoms with van der Waals surface area (Å²) in [4.78, 5) is 24.6. The summed E-state index contributed by atoms with van der Waals surface area (Å²) in [6, 6.07) is 12.6. The Bertz CT molecular complexity index is 1030. The van der Waals surface area contributed by atoms with Crippen molar-refractivity contribution in [3.63, 3.8) is 0 Å². The Labute approximate surface area is 178 Å². The highest BCUT2D eigenvalue weighted by atomic mass is 32.1. The largest absolute Gasteiger partial charge is 0.497 e. The lowest BCUT2D eigenvalue weighted by atomic mass is 10.2. The Morgan fingerprint density at radius 2 is 1.77 bits per heavy atom. The van der Waals surface area contributed by atoms with Crippen LogP contribution >= 0.6 is 11.3 Å². The zero-order valence-corrected chi connectivity index (χ0v) is 17.7. The van der Waals surface area contributed by atoms with Gasteiger partial charge in [0, 0.05) is 24.6 Å². The summed E-state index contributed by atoms with van der Waals surface area (Å²) < 4.78 is 10.4. The molecule has 8 nitrogen and oxygen atoms in total. The van der Waals surface area contributed by atoms with Gasteiger partial charge in [-0.15, -0.1) is 10.2 Å². The van der Waals surface area contributed by atoms with Gasteiger partial charge >= 0.3 is 0 Å². The zero-order valence-electron chi connectivity index (χ0n) is 16.9. The first-order valence-corrected chi connectivity index (χ1v) is 10.0. The number of anilines is 2. The quantitative estimate of drug-likeness (QED) is 0.570. The Balaban J connectivity index is 1.54. The van der Waals surface area contributed by atoms with Gasteiger partial charge in [0.15, 0.2) is 0 Å². The molecule has 3 rings (SSSR count). The second kappa shape index (κ2) is 9.84. The molecule has 156 valence electrons. The number of nitrogens with zero attached hydrogens (tertiary/aromatic N) is 2. The molecule has 0 bridgehead atoms. The third-order valence-electron chi connectivity index (χ3n) is 4.22. The van der Waals surface area contributed by atoms with Crippen molar-refractivity contribution in [1.29, 1.82) is 0 Å². The second-order valence-electron chi connectivity index (χ2n) is 6.44. The molecule has 0 unspecified atom stereocenters. The van der Waals surface area contributed by atoms with Crippen LogP contribution in [0.2, 0.25) is 0 Å². The maximum absolute atomic E-state index is 12.3. The fourth-order valence-corrected chi connectivity index (χ4v) is 3.34. The summed E-state index contributed by atoms with van der Waals surface area (Å²) in [5.41, 5.74) is 2.35. The maximum atomic E-state index is 12.3. The fourth-order valence-electron chi connectivity index (χ4n) is 2.60. The number of benzene rings is 2. The number of rotatable bonds is 8. The first kappa shape index (κ1) is 21.3. The van der Waals surface area contributed by atoms with Gasteiger partial charge in [0.25, 0.3) is 5.91 Å². The van der Waals surface area contributed by atoms with Crippen molar-refractivity contribution < 1.29 is 19.1 Å². The maximum Gasteiger partial charge on any atom is 0.286 e. The van der Waals surface area contributed by atoms with Gasteiger partial charge in [-0.25, -0.2) is 0 Å². The molecule has 30 heavy (non-hydrogen) atoms. The van der Waals surface area contributed by atoms with E-state index in [4.69, 9.17) is 9.47 Å². The monoisotopic (exact) mass is 426 g/mol. The van der Waals surface area contributed by atoms with E-state index in [-0.39, 0.29) is 23.2 Å². The lowest BCUT2D eigenvalue weighted by Crippen LogP contribution is -2.13. The molecule has 0 aliphatic rings. The summed E-state index contributed by atoms with van der Waals surface area (Å²) in [5, 5.41) is 14.4. The molecule has 0 radical (unpaired) electrons. The molecule has 0 saturated carbocycles. The van der Waals surface area contributed by atoms with Crippen molar-refractivity contribution >= 4 is 34.5 Å². The average Bonchev–Trinajstić information content (AvgIpc) is 3.23. The molecule has 0 aliphatic carbocycles. The van der Waals surface area contributed by atoms with Crippen LogP contribution in [0.15, 0.2) is 42.5 Å². The summed E-state index contributed by atoms with van der Waals surface area (Å²) in [7, 11) is 3.08. The van der Waals surface area contributed by atoms with E-state index in [0.29, 0.717) is 34.3 Å². The molecule has 0 saturated heterocycles. The number of amides is 2. The second-order valence-corrected chi connectivity index (χ2v) is 7.50. The number of ether oxygens (including phenoxy) is 2. The molecule has 0 atom stereocenters. The highest BCUT2D eigenvalue weighted by molar-refractivity contribution is 7.13. The zero-order chi connectivity index (χ0) is 21.5. The van der Waals surface area contributed by atoms with E-state index >= 15 is 0 Å². The third kappa shape index (κ3) is 5.54. The van der Waals surface area contributed by atoms with Crippen LogP contribution in [0.3, 0.4) is 0 Å². The van der Waals surface area contributed by atoms with Gasteiger partial charge < -0.3 is 20.1 Å². The lowest BCUT2D eigenvalue weighted by molar-refractivity contribution is -0.116. The predicted molar refractivity (Wildman–Crippen MR) is 116 cm³/mol. The standard InChI is InChI=1S/C21H22N4O4S/c1-13-4-6-14(7-5-13)22-20(27)21-25-24-19(30-21)11-10-18(26)23-16-9-8-15(28-2)12-17(16)29-3/h4-9,12H,10-11H2,1-3H3,(H,22,27)(H,23,26). The van der Waals surface area contributed by atoms with Crippen molar-refractivity contribution in [2.45, 2.75) is 19.8 Å². The normalized spacial score (nSPS) is 10.4. The van der Waals surface area contributed by atoms with Crippen LogP contribution in [0.4, 0.5) is 11.4 Å². The first-order chi connectivity index (χ1) is 14.5. The van der Waals surface area contributed by atoms with E-state index in [9.17, 15) is 9.59 Å². The topological polar surface area (TPSA) is 102 Å². The minimum Gasteiger partial charge on any atom is -0.497 e. The highest BCUT2D eigenvalue weighted by Crippen LogP contribution is 2.29. The van der Waals surface area contributed by atoms with Crippen LogP contribution in [-0.2, 0) is 11.2 Å². The van der Waals surface area contributed by atoms with Gasteiger partial charge in [0.05, 0.1) is 19.9 Å². The summed E-state index contributed by atoms with van der Waals surface area (Å²) >= 11 is 1.17. The Morgan fingerprint density at radius 1 is 1.00 bits per heavy atom. The van der Waals surface area contributed by atoms with Gasteiger partial charge in [-0.2, -0.15) is 0 Å². The van der Waals surface area contributed by atoms with Crippen LogP contribution in [-0.4, -0.2) is 36.2 Å². The molecular weight excluding hydrogens is 404 g/mol. The van der Waals surface area contributed by atoms with Crippen molar-refractivity contribution in [2.75, 3.05) is 24.9 Å².